The summed E-state index contributed by atoms with van der Waals surface area (Å²) in [7, 11) is 1.54. The summed E-state index contributed by atoms with van der Waals surface area (Å²) in [6.07, 6.45) is 3.20. The number of ether oxygens (including phenoxy) is 1. The third-order valence-electron chi connectivity index (χ3n) is 3.96. The second kappa shape index (κ2) is 9.32. The molecule has 8 heteroatoms. The number of nitrogens with one attached hydrogen (secondary N) is 3. The fourth-order valence-corrected chi connectivity index (χ4v) is 2.42. The Kier molecular flexibility index (Phi) is 6.36. The zero-order valence-corrected chi connectivity index (χ0v) is 16.1. The van der Waals surface area contributed by atoms with Crippen molar-refractivity contribution < 1.29 is 14.3 Å². The van der Waals surface area contributed by atoms with Crippen LogP contribution in [0.15, 0.2) is 60.9 Å². The number of nitrogens with zero attached hydrogens (tertiary/aromatic N) is 2. The molecule has 3 rings (SSSR count). The average Bonchev–Trinajstić information content (AvgIpc) is 2.74. The summed E-state index contributed by atoms with van der Waals surface area (Å²) in [6.45, 7) is 2.29. The highest BCUT2D eigenvalue weighted by Gasteiger charge is 2.07. The number of rotatable bonds is 6. The lowest BCUT2D eigenvalue weighted by Crippen LogP contribution is -2.28. The van der Waals surface area contributed by atoms with E-state index in [2.05, 4.69) is 25.9 Å². The fraction of sp³-hybridized carbons (Fsp3) is 0.143. The highest BCUT2D eigenvalue weighted by Crippen LogP contribution is 2.22. The second-order valence-corrected chi connectivity index (χ2v) is 6.23. The van der Waals surface area contributed by atoms with Gasteiger partial charge in [-0.3, -0.25) is 15.1 Å². The Bertz CT molecular complexity index is 988. The maximum atomic E-state index is 12.0. The van der Waals surface area contributed by atoms with Gasteiger partial charge in [-0.05, 0) is 42.3 Å². The van der Waals surface area contributed by atoms with E-state index in [0.717, 1.165) is 11.1 Å². The van der Waals surface area contributed by atoms with Crippen LogP contribution in [0.4, 0.5) is 10.6 Å². The molecule has 3 N–H and O–H groups in total. The average molecular weight is 391 g/mol. The molecule has 148 valence electrons. The van der Waals surface area contributed by atoms with Crippen LogP contribution in [0.25, 0.3) is 0 Å². The predicted molar refractivity (Wildman–Crippen MR) is 109 cm³/mol. The second-order valence-electron chi connectivity index (χ2n) is 6.23. The monoisotopic (exact) mass is 391 g/mol. The number of aryl methyl sites for hydroxylation is 1. The van der Waals surface area contributed by atoms with Gasteiger partial charge in [0.25, 0.3) is 5.91 Å². The Morgan fingerprint density at radius 2 is 1.79 bits per heavy atom. The molecule has 0 aliphatic heterocycles. The van der Waals surface area contributed by atoms with Crippen LogP contribution in [0.5, 0.6) is 11.5 Å². The van der Waals surface area contributed by atoms with Crippen LogP contribution in [0, 0.1) is 6.92 Å². The first kappa shape index (κ1) is 19.8. The van der Waals surface area contributed by atoms with Gasteiger partial charge in [0.1, 0.15) is 23.0 Å². The number of pyridine rings is 2. The van der Waals surface area contributed by atoms with Gasteiger partial charge in [-0.2, -0.15) is 0 Å². The third-order valence-corrected chi connectivity index (χ3v) is 3.96. The van der Waals surface area contributed by atoms with E-state index >= 15 is 0 Å². The Balaban J connectivity index is 1.53. The molecule has 3 aromatic rings. The normalized spacial score (nSPS) is 10.1. The van der Waals surface area contributed by atoms with Gasteiger partial charge in [-0.1, -0.05) is 18.2 Å². The van der Waals surface area contributed by atoms with Crippen molar-refractivity contribution >= 4 is 17.8 Å². The first-order chi connectivity index (χ1) is 14.0. The molecule has 0 aliphatic carbocycles. The topological polar surface area (TPSA) is 105 Å². The first-order valence-electron chi connectivity index (χ1n) is 8.96. The molecule has 8 nitrogen and oxygen atoms in total. The number of anilines is 1. The van der Waals surface area contributed by atoms with Crippen molar-refractivity contribution in [1.29, 1.82) is 0 Å². The van der Waals surface area contributed by atoms with Gasteiger partial charge in [0, 0.05) is 32.1 Å². The molecule has 0 atom stereocenters. The van der Waals surface area contributed by atoms with Crippen LogP contribution < -0.4 is 20.7 Å². The van der Waals surface area contributed by atoms with Crippen LogP contribution in [0.1, 0.15) is 21.6 Å². The van der Waals surface area contributed by atoms with Crippen molar-refractivity contribution in [2.24, 2.45) is 0 Å². The summed E-state index contributed by atoms with van der Waals surface area (Å²) in [5.74, 6) is 1.33. The molecule has 0 unspecified atom stereocenters. The summed E-state index contributed by atoms with van der Waals surface area (Å²) in [5.41, 5.74) is 2.21. The highest BCUT2D eigenvalue weighted by atomic mass is 16.5. The van der Waals surface area contributed by atoms with E-state index in [0.29, 0.717) is 23.9 Å². The van der Waals surface area contributed by atoms with E-state index in [-0.39, 0.29) is 17.6 Å². The molecule has 0 radical (unpaired) electrons. The minimum Gasteiger partial charge on any atom is -0.457 e. The maximum absolute atomic E-state index is 12.0. The molecular weight excluding hydrogens is 370 g/mol. The SMILES string of the molecule is CNC(=O)c1cc(Oc2ccc(CNC(=O)Nc3ccc(C)cn3)cc2)ccn1. The highest BCUT2D eigenvalue weighted by molar-refractivity contribution is 5.92. The van der Waals surface area contributed by atoms with E-state index in [1.807, 2.05) is 25.1 Å². The number of urea groups is 1. The first-order valence-corrected chi connectivity index (χ1v) is 8.96. The smallest absolute Gasteiger partial charge is 0.320 e. The van der Waals surface area contributed by atoms with Crippen LogP contribution >= 0.6 is 0 Å². The zero-order valence-electron chi connectivity index (χ0n) is 16.1. The standard InChI is InChI=1S/C21H21N5O3/c1-14-3-8-19(24-12-14)26-21(28)25-13-15-4-6-16(7-5-15)29-17-9-10-23-18(11-17)20(27)22-2/h3-12H,13H2,1-2H3,(H,22,27)(H2,24,25,26,28). The number of amides is 3. The molecule has 29 heavy (non-hydrogen) atoms. The Labute approximate surface area is 168 Å². The number of carbonyl (C=O) groups is 2. The largest absolute Gasteiger partial charge is 0.457 e. The number of benzene rings is 1. The van der Waals surface area contributed by atoms with E-state index in [4.69, 9.17) is 4.74 Å². The summed E-state index contributed by atoms with van der Waals surface area (Å²) >= 11 is 0. The lowest BCUT2D eigenvalue weighted by Gasteiger charge is -2.09. The van der Waals surface area contributed by atoms with E-state index < -0.39 is 0 Å². The van der Waals surface area contributed by atoms with Gasteiger partial charge in [0.15, 0.2) is 0 Å². The minimum absolute atomic E-state index is 0.278. The van der Waals surface area contributed by atoms with Gasteiger partial charge in [-0.25, -0.2) is 9.78 Å². The van der Waals surface area contributed by atoms with Gasteiger partial charge < -0.3 is 15.4 Å². The molecule has 0 fully saturated rings. The molecule has 0 spiro atoms. The quantitative estimate of drug-likeness (QED) is 0.598. The molecular formula is C21H21N5O3. The predicted octanol–water partition coefficient (Wildman–Crippen LogP) is 3.26. The Morgan fingerprint density at radius 1 is 1.00 bits per heavy atom. The van der Waals surface area contributed by atoms with Crippen molar-refractivity contribution in [2.45, 2.75) is 13.5 Å². The van der Waals surface area contributed by atoms with Crippen molar-refractivity contribution in [3.8, 4) is 11.5 Å². The zero-order chi connectivity index (χ0) is 20.6. The van der Waals surface area contributed by atoms with Gasteiger partial charge in [0.2, 0.25) is 0 Å². The molecule has 0 saturated heterocycles. The molecule has 1 aromatic carbocycles. The number of hydrogen-bond donors (Lipinski definition) is 3. The molecule has 2 aromatic heterocycles. The van der Waals surface area contributed by atoms with E-state index in [1.54, 1.807) is 43.6 Å². The molecule has 0 aliphatic rings. The van der Waals surface area contributed by atoms with Crippen LogP contribution in [0.3, 0.4) is 0 Å². The Morgan fingerprint density at radius 3 is 2.48 bits per heavy atom. The van der Waals surface area contributed by atoms with Crippen LogP contribution in [-0.4, -0.2) is 29.0 Å². The fourth-order valence-electron chi connectivity index (χ4n) is 2.42. The number of aromatic nitrogens is 2. The van der Waals surface area contributed by atoms with Gasteiger partial charge in [0.05, 0.1) is 0 Å². The summed E-state index contributed by atoms with van der Waals surface area (Å²) in [5, 5.41) is 7.97. The minimum atomic E-state index is -0.333. The van der Waals surface area contributed by atoms with E-state index in [9.17, 15) is 9.59 Å². The lowest BCUT2D eigenvalue weighted by molar-refractivity contribution is 0.0958. The van der Waals surface area contributed by atoms with E-state index in [1.165, 1.54) is 6.20 Å². The molecule has 0 saturated carbocycles. The summed E-state index contributed by atoms with van der Waals surface area (Å²) in [4.78, 5) is 31.7. The van der Waals surface area contributed by atoms with Crippen molar-refractivity contribution in [3.05, 3.63) is 77.7 Å². The number of hydrogen-bond acceptors (Lipinski definition) is 5. The van der Waals surface area contributed by atoms with Crippen molar-refractivity contribution in [1.82, 2.24) is 20.6 Å². The molecule has 3 amide bonds. The summed E-state index contributed by atoms with van der Waals surface area (Å²) < 4.78 is 5.75. The van der Waals surface area contributed by atoms with Gasteiger partial charge >= 0.3 is 6.03 Å². The summed E-state index contributed by atoms with van der Waals surface area (Å²) in [6, 6.07) is 13.8. The lowest BCUT2D eigenvalue weighted by atomic mass is 10.2. The van der Waals surface area contributed by atoms with Gasteiger partial charge in [-0.15, -0.1) is 0 Å². The van der Waals surface area contributed by atoms with Crippen LogP contribution in [0.2, 0.25) is 0 Å². The third kappa shape index (κ3) is 5.77. The molecule has 2 heterocycles. The number of carbonyl (C=O) groups excluding carboxylic acids is 2. The maximum Gasteiger partial charge on any atom is 0.320 e. The Hall–Kier alpha value is -3.94. The van der Waals surface area contributed by atoms with Crippen molar-refractivity contribution in [2.75, 3.05) is 12.4 Å². The molecule has 0 bridgehead atoms. The van der Waals surface area contributed by atoms with Crippen LogP contribution in [-0.2, 0) is 6.54 Å². The van der Waals surface area contributed by atoms with Crippen molar-refractivity contribution in [3.63, 3.8) is 0 Å².